The monoisotopic (exact) mass is 565 g/mol. The van der Waals surface area contributed by atoms with E-state index in [4.69, 9.17) is 9.72 Å². The molecule has 0 atom stereocenters. The zero-order valence-corrected chi connectivity index (χ0v) is 26.3. The molecule has 0 unspecified atom stereocenters. The van der Waals surface area contributed by atoms with Crippen molar-refractivity contribution in [3.8, 4) is 22.6 Å². The quantitative estimate of drug-likeness (QED) is 0.143. The summed E-state index contributed by atoms with van der Waals surface area (Å²) in [5.74, 6) is 1.35. The first kappa shape index (κ1) is 31.2. The van der Waals surface area contributed by atoms with Gasteiger partial charge in [0.1, 0.15) is 5.82 Å². The number of hydrogen-bond donors (Lipinski definition) is 0. The van der Waals surface area contributed by atoms with Gasteiger partial charge < -0.3 is 9.30 Å². The Morgan fingerprint density at radius 2 is 1.60 bits per heavy atom. The molecule has 0 amide bonds. The first-order valence-corrected chi connectivity index (χ1v) is 15.5. The molecule has 0 aliphatic carbocycles. The Kier molecular flexibility index (Phi) is 11.1. The van der Waals surface area contributed by atoms with E-state index in [2.05, 4.69) is 105 Å². The maximum atomic E-state index is 12.0. The van der Waals surface area contributed by atoms with Crippen LogP contribution in [0.2, 0.25) is 0 Å². The molecule has 222 valence electrons. The summed E-state index contributed by atoms with van der Waals surface area (Å²) in [4.78, 5) is 20.0. The number of aromatic nitrogens is 2. The third kappa shape index (κ3) is 7.57. The third-order valence-electron chi connectivity index (χ3n) is 8.34. The van der Waals surface area contributed by atoms with Gasteiger partial charge in [0.05, 0.1) is 24.1 Å². The molecule has 5 nitrogen and oxygen atoms in total. The average molecular weight is 566 g/mol. The SMILES string of the molecule is CCCCn1c(-c2ccccc2C)nc(-c2ccc(C)cc2)c1CN(Cc1ccc(C(=O)OC)cc1)CC(CC)CC. The van der Waals surface area contributed by atoms with Crippen molar-refractivity contribution in [3.63, 3.8) is 0 Å². The minimum atomic E-state index is -0.304. The Morgan fingerprint density at radius 3 is 2.21 bits per heavy atom. The average Bonchev–Trinajstić information content (AvgIpc) is 3.36. The summed E-state index contributed by atoms with van der Waals surface area (Å²) in [5, 5.41) is 0. The highest BCUT2D eigenvalue weighted by molar-refractivity contribution is 5.89. The third-order valence-corrected chi connectivity index (χ3v) is 8.34. The molecule has 4 aromatic rings. The second-order valence-corrected chi connectivity index (χ2v) is 11.5. The predicted octanol–water partition coefficient (Wildman–Crippen LogP) is 8.86. The fourth-order valence-corrected chi connectivity index (χ4v) is 5.61. The topological polar surface area (TPSA) is 47.4 Å². The molecule has 1 heterocycles. The summed E-state index contributed by atoms with van der Waals surface area (Å²) in [6, 6.07) is 25.2. The highest BCUT2D eigenvalue weighted by Gasteiger charge is 2.24. The second-order valence-electron chi connectivity index (χ2n) is 11.5. The fourth-order valence-electron chi connectivity index (χ4n) is 5.61. The van der Waals surface area contributed by atoms with Gasteiger partial charge in [-0.25, -0.2) is 9.78 Å². The first-order valence-electron chi connectivity index (χ1n) is 15.5. The molecule has 0 N–H and O–H groups in total. The van der Waals surface area contributed by atoms with Crippen LogP contribution in [0.1, 0.15) is 79.2 Å². The number of unbranched alkanes of at least 4 members (excludes halogenated alkanes) is 1. The van der Waals surface area contributed by atoms with Gasteiger partial charge in [-0.2, -0.15) is 0 Å². The van der Waals surface area contributed by atoms with Gasteiger partial charge in [0.15, 0.2) is 0 Å². The van der Waals surface area contributed by atoms with Crippen LogP contribution in [0.25, 0.3) is 22.6 Å². The van der Waals surface area contributed by atoms with Gasteiger partial charge in [0.2, 0.25) is 0 Å². The number of carbonyl (C=O) groups excluding carboxylic acids is 1. The normalized spacial score (nSPS) is 11.4. The Labute approximate surface area is 252 Å². The number of benzene rings is 3. The van der Waals surface area contributed by atoms with E-state index in [1.807, 2.05) is 12.1 Å². The molecule has 0 bridgehead atoms. The zero-order chi connectivity index (χ0) is 30.1. The molecule has 0 saturated heterocycles. The molecule has 4 rings (SSSR count). The highest BCUT2D eigenvalue weighted by atomic mass is 16.5. The molecule has 0 fully saturated rings. The van der Waals surface area contributed by atoms with Crippen LogP contribution in [0.4, 0.5) is 0 Å². The molecule has 0 aliphatic rings. The lowest BCUT2D eigenvalue weighted by Crippen LogP contribution is -2.30. The molecule has 42 heavy (non-hydrogen) atoms. The van der Waals surface area contributed by atoms with Crippen LogP contribution in [0.5, 0.6) is 0 Å². The predicted molar refractivity (Wildman–Crippen MR) is 173 cm³/mol. The summed E-state index contributed by atoms with van der Waals surface area (Å²) in [5.41, 5.74) is 8.93. The lowest BCUT2D eigenvalue weighted by atomic mass is 10.0. The summed E-state index contributed by atoms with van der Waals surface area (Å²) in [6.45, 7) is 14.7. The zero-order valence-electron chi connectivity index (χ0n) is 26.3. The van der Waals surface area contributed by atoms with E-state index in [1.165, 1.54) is 35.1 Å². The van der Waals surface area contributed by atoms with Crippen LogP contribution >= 0.6 is 0 Å². The van der Waals surface area contributed by atoms with E-state index >= 15 is 0 Å². The van der Waals surface area contributed by atoms with E-state index in [0.717, 1.165) is 68.9 Å². The number of rotatable bonds is 14. The van der Waals surface area contributed by atoms with Crippen LogP contribution in [0, 0.1) is 19.8 Å². The van der Waals surface area contributed by atoms with E-state index in [0.29, 0.717) is 11.5 Å². The Morgan fingerprint density at radius 1 is 0.905 bits per heavy atom. The molecule has 0 radical (unpaired) electrons. The van der Waals surface area contributed by atoms with Crippen molar-refractivity contribution in [2.75, 3.05) is 13.7 Å². The van der Waals surface area contributed by atoms with Crippen molar-refractivity contribution in [2.24, 2.45) is 5.92 Å². The fraction of sp³-hybridized carbons (Fsp3) is 0.405. The van der Waals surface area contributed by atoms with Gasteiger partial charge in [0.25, 0.3) is 0 Å². The lowest BCUT2D eigenvalue weighted by molar-refractivity contribution is 0.0600. The van der Waals surface area contributed by atoms with Gasteiger partial charge in [-0.05, 0) is 49.4 Å². The van der Waals surface area contributed by atoms with E-state index in [1.54, 1.807) is 0 Å². The molecule has 0 saturated carbocycles. The Balaban J connectivity index is 1.82. The summed E-state index contributed by atoms with van der Waals surface area (Å²) in [6.07, 6.45) is 4.50. The maximum Gasteiger partial charge on any atom is 0.337 e. The van der Waals surface area contributed by atoms with Crippen LogP contribution in [0.3, 0.4) is 0 Å². The number of methoxy groups -OCH3 is 1. The number of nitrogens with zero attached hydrogens (tertiary/aromatic N) is 3. The molecule has 3 aromatic carbocycles. The number of ether oxygens (including phenoxy) is 1. The van der Waals surface area contributed by atoms with E-state index < -0.39 is 0 Å². The van der Waals surface area contributed by atoms with Gasteiger partial charge in [-0.15, -0.1) is 0 Å². The number of esters is 1. The number of aryl methyl sites for hydroxylation is 2. The number of imidazole rings is 1. The van der Waals surface area contributed by atoms with Gasteiger partial charge in [-0.3, -0.25) is 4.90 Å². The largest absolute Gasteiger partial charge is 0.465 e. The summed E-state index contributed by atoms with van der Waals surface area (Å²) in [7, 11) is 1.42. The lowest BCUT2D eigenvalue weighted by Gasteiger charge is -2.28. The summed E-state index contributed by atoms with van der Waals surface area (Å²) < 4.78 is 7.40. The maximum absolute atomic E-state index is 12.0. The van der Waals surface area contributed by atoms with Crippen LogP contribution in [0.15, 0.2) is 72.8 Å². The smallest absolute Gasteiger partial charge is 0.337 e. The van der Waals surface area contributed by atoms with Gasteiger partial charge in [0, 0.05) is 37.3 Å². The van der Waals surface area contributed by atoms with Crippen molar-refractivity contribution < 1.29 is 9.53 Å². The molecular weight excluding hydrogens is 518 g/mol. The highest BCUT2D eigenvalue weighted by Crippen LogP contribution is 2.33. The van der Waals surface area contributed by atoms with Crippen LogP contribution < -0.4 is 0 Å². The van der Waals surface area contributed by atoms with Crippen molar-refractivity contribution in [2.45, 2.75) is 79.9 Å². The second kappa shape index (κ2) is 15.0. The number of hydrogen-bond acceptors (Lipinski definition) is 4. The standard InChI is InChI=1S/C37H47N3O2/c1-7-10-23-40-34(26-39(24-29(8-2)9-3)25-30-17-21-32(22-18-30)37(41)42-6)35(31-19-15-27(4)16-20-31)38-36(40)33-14-12-11-13-28(33)5/h11-22,29H,7-10,23-26H2,1-6H3. The van der Waals surface area contributed by atoms with Crippen molar-refractivity contribution in [3.05, 3.63) is 101 Å². The van der Waals surface area contributed by atoms with Gasteiger partial charge in [-0.1, -0.05) is 106 Å². The van der Waals surface area contributed by atoms with Gasteiger partial charge >= 0.3 is 5.97 Å². The van der Waals surface area contributed by atoms with Crippen molar-refractivity contribution >= 4 is 5.97 Å². The van der Waals surface area contributed by atoms with Crippen LogP contribution in [-0.2, 0) is 24.4 Å². The van der Waals surface area contributed by atoms with Crippen LogP contribution in [-0.4, -0.2) is 34.1 Å². The molecule has 1 aromatic heterocycles. The minimum Gasteiger partial charge on any atom is -0.465 e. The Hall–Kier alpha value is -3.70. The Bertz CT molecular complexity index is 1430. The van der Waals surface area contributed by atoms with Crippen molar-refractivity contribution in [1.82, 2.24) is 14.5 Å². The first-order chi connectivity index (χ1) is 20.4. The molecule has 0 spiro atoms. The molecular formula is C37H47N3O2. The van der Waals surface area contributed by atoms with E-state index in [-0.39, 0.29) is 5.97 Å². The molecule has 5 heteroatoms. The number of carbonyl (C=O) groups is 1. The molecule has 0 aliphatic heterocycles. The van der Waals surface area contributed by atoms with E-state index in [9.17, 15) is 4.79 Å². The minimum absolute atomic E-state index is 0.304. The summed E-state index contributed by atoms with van der Waals surface area (Å²) >= 11 is 0. The van der Waals surface area contributed by atoms with Crippen molar-refractivity contribution in [1.29, 1.82) is 0 Å².